The fourth-order valence-electron chi connectivity index (χ4n) is 2.60. The van der Waals surface area contributed by atoms with Gasteiger partial charge >= 0.3 is 0 Å². The van der Waals surface area contributed by atoms with Gasteiger partial charge in [0.05, 0.1) is 0 Å². The maximum atomic E-state index is 5.42. The monoisotopic (exact) mass is 241 g/mol. The standard InChI is InChI=1S/C15H31NO/c1-5-10-16-14(15(2,3)4)7-6-13-8-11-17-12-9-13/h13-14,16H,5-12H2,1-4H3. The molecule has 0 amide bonds. The van der Waals surface area contributed by atoms with Crippen molar-refractivity contribution < 1.29 is 4.74 Å². The highest BCUT2D eigenvalue weighted by molar-refractivity contribution is 4.81. The Labute approximate surface area is 108 Å². The summed E-state index contributed by atoms with van der Waals surface area (Å²) in [5.74, 6) is 0.900. The van der Waals surface area contributed by atoms with Crippen molar-refractivity contribution in [1.82, 2.24) is 5.32 Å². The van der Waals surface area contributed by atoms with E-state index in [1.807, 2.05) is 0 Å². The third kappa shape index (κ3) is 5.87. The molecule has 2 nitrogen and oxygen atoms in total. The van der Waals surface area contributed by atoms with E-state index in [1.165, 1.54) is 32.1 Å². The van der Waals surface area contributed by atoms with E-state index in [-0.39, 0.29) is 0 Å². The summed E-state index contributed by atoms with van der Waals surface area (Å²) in [5, 5.41) is 3.72. The van der Waals surface area contributed by atoms with E-state index in [9.17, 15) is 0 Å². The molecule has 0 saturated carbocycles. The van der Waals surface area contributed by atoms with Gasteiger partial charge < -0.3 is 10.1 Å². The maximum absolute atomic E-state index is 5.42. The van der Waals surface area contributed by atoms with E-state index in [2.05, 4.69) is 33.0 Å². The highest BCUT2D eigenvalue weighted by atomic mass is 16.5. The highest BCUT2D eigenvalue weighted by Crippen LogP contribution is 2.27. The van der Waals surface area contributed by atoms with Gasteiger partial charge in [0, 0.05) is 19.3 Å². The van der Waals surface area contributed by atoms with Crippen molar-refractivity contribution in [1.29, 1.82) is 0 Å². The largest absolute Gasteiger partial charge is 0.381 e. The topological polar surface area (TPSA) is 21.3 Å². The van der Waals surface area contributed by atoms with E-state index in [4.69, 9.17) is 4.74 Å². The van der Waals surface area contributed by atoms with Crippen LogP contribution >= 0.6 is 0 Å². The van der Waals surface area contributed by atoms with Crippen molar-refractivity contribution >= 4 is 0 Å². The number of ether oxygens (including phenoxy) is 1. The molecule has 0 aromatic rings. The smallest absolute Gasteiger partial charge is 0.0468 e. The Morgan fingerprint density at radius 3 is 2.41 bits per heavy atom. The SMILES string of the molecule is CCCNC(CCC1CCOCC1)C(C)(C)C. The first kappa shape index (κ1) is 15.0. The van der Waals surface area contributed by atoms with E-state index >= 15 is 0 Å². The van der Waals surface area contributed by atoms with Crippen LogP contribution in [0.5, 0.6) is 0 Å². The molecule has 0 bridgehead atoms. The van der Waals surface area contributed by atoms with Gasteiger partial charge in [0.1, 0.15) is 0 Å². The number of nitrogens with one attached hydrogen (secondary N) is 1. The van der Waals surface area contributed by atoms with Gasteiger partial charge in [-0.1, -0.05) is 27.7 Å². The zero-order valence-corrected chi connectivity index (χ0v) is 12.2. The van der Waals surface area contributed by atoms with Crippen molar-refractivity contribution in [2.45, 2.75) is 65.8 Å². The maximum Gasteiger partial charge on any atom is 0.0468 e. The Balaban J connectivity index is 2.31. The number of hydrogen-bond acceptors (Lipinski definition) is 2. The van der Waals surface area contributed by atoms with Crippen LogP contribution in [0.4, 0.5) is 0 Å². The summed E-state index contributed by atoms with van der Waals surface area (Å²) >= 11 is 0. The summed E-state index contributed by atoms with van der Waals surface area (Å²) in [6.07, 6.45) is 6.44. The lowest BCUT2D eigenvalue weighted by Gasteiger charge is -2.33. The molecule has 0 aromatic heterocycles. The second-order valence-electron chi connectivity index (χ2n) is 6.51. The molecule has 1 atom stereocenters. The third-order valence-corrected chi connectivity index (χ3v) is 3.89. The minimum atomic E-state index is 0.375. The molecule has 17 heavy (non-hydrogen) atoms. The van der Waals surface area contributed by atoms with Gasteiger partial charge in [0.25, 0.3) is 0 Å². The summed E-state index contributed by atoms with van der Waals surface area (Å²) in [6, 6.07) is 0.658. The Kier molecular flexibility index (Phi) is 6.50. The summed E-state index contributed by atoms with van der Waals surface area (Å²) in [6.45, 7) is 12.4. The quantitative estimate of drug-likeness (QED) is 0.767. The van der Waals surface area contributed by atoms with Crippen molar-refractivity contribution in [3.63, 3.8) is 0 Å². The van der Waals surface area contributed by atoms with Crippen LogP contribution < -0.4 is 5.32 Å². The number of rotatable bonds is 6. The first-order valence-electron chi connectivity index (χ1n) is 7.35. The van der Waals surface area contributed by atoms with Gasteiger partial charge in [-0.3, -0.25) is 0 Å². The first-order valence-corrected chi connectivity index (χ1v) is 7.35. The van der Waals surface area contributed by atoms with Crippen LogP contribution in [-0.2, 0) is 4.74 Å². The Morgan fingerprint density at radius 1 is 1.24 bits per heavy atom. The van der Waals surface area contributed by atoms with Gasteiger partial charge in [-0.15, -0.1) is 0 Å². The molecule has 0 aromatic carbocycles. The summed E-state index contributed by atoms with van der Waals surface area (Å²) in [5.41, 5.74) is 0.375. The number of hydrogen-bond donors (Lipinski definition) is 1. The molecule has 2 heteroatoms. The van der Waals surface area contributed by atoms with E-state index in [0.717, 1.165) is 25.7 Å². The Bertz CT molecular complexity index is 192. The van der Waals surface area contributed by atoms with Gasteiger partial charge in [-0.05, 0) is 50.0 Å². The molecule has 0 radical (unpaired) electrons. The molecular formula is C15H31NO. The van der Waals surface area contributed by atoms with Gasteiger partial charge in [0.15, 0.2) is 0 Å². The second-order valence-corrected chi connectivity index (χ2v) is 6.51. The van der Waals surface area contributed by atoms with Crippen molar-refractivity contribution in [3.05, 3.63) is 0 Å². The van der Waals surface area contributed by atoms with Crippen LogP contribution in [-0.4, -0.2) is 25.8 Å². The minimum Gasteiger partial charge on any atom is -0.381 e. The van der Waals surface area contributed by atoms with Crippen molar-refractivity contribution in [2.24, 2.45) is 11.3 Å². The molecule has 0 aliphatic carbocycles. The summed E-state index contributed by atoms with van der Waals surface area (Å²) in [7, 11) is 0. The van der Waals surface area contributed by atoms with Gasteiger partial charge in [-0.2, -0.15) is 0 Å². The van der Waals surface area contributed by atoms with Crippen LogP contribution in [0, 0.1) is 11.3 Å². The lowest BCUT2D eigenvalue weighted by atomic mass is 9.81. The van der Waals surface area contributed by atoms with Crippen LogP contribution in [0.25, 0.3) is 0 Å². The minimum absolute atomic E-state index is 0.375. The second kappa shape index (κ2) is 7.38. The van der Waals surface area contributed by atoms with E-state index < -0.39 is 0 Å². The molecule has 0 spiro atoms. The molecule has 1 saturated heterocycles. The first-order chi connectivity index (χ1) is 8.04. The van der Waals surface area contributed by atoms with Crippen LogP contribution in [0.3, 0.4) is 0 Å². The molecule has 1 N–H and O–H groups in total. The van der Waals surface area contributed by atoms with Gasteiger partial charge in [-0.25, -0.2) is 0 Å². The normalized spacial score (nSPS) is 20.5. The van der Waals surface area contributed by atoms with Crippen LogP contribution in [0.15, 0.2) is 0 Å². The zero-order chi connectivity index (χ0) is 12.7. The molecule has 1 heterocycles. The predicted octanol–water partition coefficient (Wildman–Crippen LogP) is 3.61. The fourth-order valence-corrected chi connectivity index (χ4v) is 2.60. The van der Waals surface area contributed by atoms with E-state index in [1.54, 1.807) is 0 Å². The Morgan fingerprint density at radius 2 is 1.88 bits per heavy atom. The molecule has 1 aliphatic rings. The average Bonchev–Trinajstić information content (AvgIpc) is 2.29. The van der Waals surface area contributed by atoms with Crippen molar-refractivity contribution in [3.8, 4) is 0 Å². The Hall–Kier alpha value is -0.0800. The van der Waals surface area contributed by atoms with E-state index in [0.29, 0.717) is 11.5 Å². The molecule has 1 aliphatic heterocycles. The van der Waals surface area contributed by atoms with Crippen molar-refractivity contribution in [2.75, 3.05) is 19.8 Å². The molecular weight excluding hydrogens is 210 g/mol. The summed E-state index contributed by atoms with van der Waals surface area (Å²) < 4.78 is 5.42. The lowest BCUT2D eigenvalue weighted by molar-refractivity contribution is 0.0607. The molecule has 1 fully saturated rings. The van der Waals surface area contributed by atoms with Crippen LogP contribution in [0.1, 0.15) is 59.8 Å². The van der Waals surface area contributed by atoms with Gasteiger partial charge in [0.2, 0.25) is 0 Å². The molecule has 102 valence electrons. The molecule has 1 unspecified atom stereocenters. The average molecular weight is 241 g/mol. The molecule has 1 rings (SSSR count). The lowest BCUT2D eigenvalue weighted by Crippen LogP contribution is -2.41. The summed E-state index contributed by atoms with van der Waals surface area (Å²) in [4.78, 5) is 0. The fraction of sp³-hybridized carbons (Fsp3) is 1.00. The highest BCUT2D eigenvalue weighted by Gasteiger charge is 2.25. The predicted molar refractivity (Wildman–Crippen MR) is 74.3 cm³/mol. The third-order valence-electron chi connectivity index (χ3n) is 3.89. The van der Waals surface area contributed by atoms with Crippen LogP contribution in [0.2, 0.25) is 0 Å². The zero-order valence-electron chi connectivity index (χ0n) is 12.2.